The Labute approximate surface area is 113 Å². The smallest absolute Gasteiger partial charge is 0.213 e. The van der Waals surface area contributed by atoms with E-state index in [1.54, 1.807) is 7.11 Å². The number of pyridine rings is 1. The molecule has 4 heteroatoms. The van der Waals surface area contributed by atoms with Crippen molar-refractivity contribution in [1.82, 2.24) is 10.3 Å². The molecular formula is C15H18N2O2. The van der Waals surface area contributed by atoms with Gasteiger partial charge in [-0.2, -0.15) is 0 Å². The van der Waals surface area contributed by atoms with Gasteiger partial charge in [0.05, 0.1) is 12.8 Å². The van der Waals surface area contributed by atoms with Crippen LogP contribution >= 0.6 is 0 Å². The Morgan fingerprint density at radius 3 is 2.58 bits per heavy atom. The van der Waals surface area contributed by atoms with E-state index < -0.39 is 0 Å². The van der Waals surface area contributed by atoms with E-state index in [-0.39, 0.29) is 0 Å². The highest BCUT2D eigenvalue weighted by Crippen LogP contribution is 2.14. The minimum absolute atomic E-state index is 0.500. The van der Waals surface area contributed by atoms with Crippen LogP contribution in [-0.2, 0) is 13.2 Å². The van der Waals surface area contributed by atoms with Crippen LogP contribution in [0.1, 0.15) is 11.3 Å². The van der Waals surface area contributed by atoms with Crippen LogP contribution in [0.15, 0.2) is 42.5 Å². The van der Waals surface area contributed by atoms with Gasteiger partial charge in [0.15, 0.2) is 0 Å². The number of methoxy groups -OCH3 is 1. The third-order valence-electron chi connectivity index (χ3n) is 2.68. The fraction of sp³-hybridized carbons (Fsp3) is 0.267. The van der Waals surface area contributed by atoms with Crippen LogP contribution in [0.2, 0.25) is 0 Å². The molecule has 1 heterocycles. The van der Waals surface area contributed by atoms with Crippen molar-refractivity contribution in [2.24, 2.45) is 0 Å². The molecule has 0 atom stereocenters. The maximum Gasteiger partial charge on any atom is 0.213 e. The van der Waals surface area contributed by atoms with Crippen LogP contribution in [0.4, 0.5) is 0 Å². The van der Waals surface area contributed by atoms with Gasteiger partial charge in [0.2, 0.25) is 5.88 Å². The first-order valence-corrected chi connectivity index (χ1v) is 6.18. The number of ether oxygens (including phenoxy) is 2. The average molecular weight is 258 g/mol. The molecule has 0 aliphatic carbocycles. The third-order valence-corrected chi connectivity index (χ3v) is 2.68. The van der Waals surface area contributed by atoms with E-state index in [1.165, 1.54) is 0 Å². The Balaban J connectivity index is 1.95. The molecule has 0 fully saturated rings. The summed E-state index contributed by atoms with van der Waals surface area (Å²) < 4.78 is 10.8. The van der Waals surface area contributed by atoms with Crippen molar-refractivity contribution in [3.05, 3.63) is 53.7 Å². The fourth-order valence-corrected chi connectivity index (χ4v) is 1.70. The average Bonchev–Trinajstić information content (AvgIpc) is 2.46. The molecule has 2 aromatic rings. The number of benzene rings is 1. The van der Waals surface area contributed by atoms with Crippen molar-refractivity contribution < 1.29 is 9.47 Å². The van der Waals surface area contributed by atoms with Crippen LogP contribution < -0.4 is 14.8 Å². The minimum atomic E-state index is 0.500. The van der Waals surface area contributed by atoms with E-state index in [0.29, 0.717) is 12.5 Å². The predicted octanol–water partition coefficient (Wildman–Crippen LogP) is 2.39. The monoisotopic (exact) mass is 258 g/mol. The first-order chi connectivity index (χ1) is 9.31. The maximum absolute atomic E-state index is 5.67. The van der Waals surface area contributed by atoms with Crippen molar-refractivity contribution in [3.63, 3.8) is 0 Å². The quantitative estimate of drug-likeness (QED) is 0.864. The molecule has 4 nitrogen and oxygen atoms in total. The van der Waals surface area contributed by atoms with Gasteiger partial charge in [-0.05, 0) is 30.8 Å². The lowest BCUT2D eigenvalue weighted by Crippen LogP contribution is -2.07. The standard InChI is InChI=1S/C15H18N2O2/c1-16-10-13-4-3-5-15(17-13)19-11-12-6-8-14(18-2)9-7-12/h3-9,16H,10-11H2,1-2H3. The van der Waals surface area contributed by atoms with Gasteiger partial charge in [-0.15, -0.1) is 0 Å². The lowest BCUT2D eigenvalue weighted by molar-refractivity contribution is 0.292. The fourth-order valence-electron chi connectivity index (χ4n) is 1.70. The number of rotatable bonds is 6. The highest BCUT2D eigenvalue weighted by Gasteiger charge is 2.00. The minimum Gasteiger partial charge on any atom is -0.497 e. The highest BCUT2D eigenvalue weighted by atomic mass is 16.5. The summed E-state index contributed by atoms with van der Waals surface area (Å²) in [5.74, 6) is 1.49. The van der Waals surface area contributed by atoms with Crippen molar-refractivity contribution in [2.75, 3.05) is 14.2 Å². The van der Waals surface area contributed by atoms with Gasteiger partial charge < -0.3 is 14.8 Å². The third kappa shape index (κ3) is 3.96. The predicted molar refractivity (Wildman–Crippen MR) is 74.3 cm³/mol. The summed E-state index contributed by atoms with van der Waals surface area (Å²) >= 11 is 0. The van der Waals surface area contributed by atoms with E-state index in [1.807, 2.05) is 49.5 Å². The molecule has 2 rings (SSSR count). The summed E-state index contributed by atoms with van der Waals surface area (Å²) in [5.41, 5.74) is 2.05. The number of aromatic nitrogens is 1. The molecule has 0 aliphatic rings. The molecule has 19 heavy (non-hydrogen) atoms. The molecule has 0 saturated carbocycles. The number of hydrogen-bond donors (Lipinski definition) is 1. The van der Waals surface area contributed by atoms with Crippen molar-refractivity contribution in [2.45, 2.75) is 13.2 Å². The summed E-state index contributed by atoms with van der Waals surface area (Å²) in [6.45, 7) is 1.24. The molecule has 1 N–H and O–H groups in total. The topological polar surface area (TPSA) is 43.4 Å². The summed E-state index contributed by atoms with van der Waals surface area (Å²) in [6, 6.07) is 13.6. The second-order valence-corrected chi connectivity index (χ2v) is 4.13. The Kier molecular flexibility index (Phi) is 4.75. The first kappa shape index (κ1) is 13.4. The van der Waals surface area contributed by atoms with Gasteiger partial charge in [-0.25, -0.2) is 4.98 Å². The molecule has 0 bridgehead atoms. The zero-order chi connectivity index (χ0) is 13.5. The van der Waals surface area contributed by atoms with Crippen LogP contribution in [0, 0.1) is 0 Å². The Bertz CT molecular complexity index is 512. The van der Waals surface area contributed by atoms with Crippen LogP contribution in [-0.4, -0.2) is 19.1 Å². The summed E-state index contributed by atoms with van der Waals surface area (Å²) in [4.78, 5) is 4.40. The van der Waals surface area contributed by atoms with Crippen LogP contribution in [0.5, 0.6) is 11.6 Å². The number of nitrogens with one attached hydrogen (secondary N) is 1. The Morgan fingerprint density at radius 1 is 1.11 bits per heavy atom. The molecule has 0 saturated heterocycles. The van der Waals surface area contributed by atoms with Crippen LogP contribution in [0.25, 0.3) is 0 Å². The second kappa shape index (κ2) is 6.75. The van der Waals surface area contributed by atoms with Crippen LogP contribution in [0.3, 0.4) is 0 Å². The van der Waals surface area contributed by atoms with Gasteiger partial charge in [0.1, 0.15) is 12.4 Å². The number of hydrogen-bond acceptors (Lipinski definition) is 4. The van der Waals surface area contributed by atoms with Gasteiger partial charge in [0, 0.05) is 12.6 Å². The molecule has 100 valence electrons. The molecular weight excluding hydrogens is 240 g/mol. The zero-order valence-corrected chi connectivity index (χ0v) is 11.2. The Morgan fingerprint density at radius 2 is 1.89 bits per heavy atom. The first-order valence-electron chi connectivity index (χ1n) is 6.18. The van der Waals surface area contributed by atoms with Gasteiger partial charge in [-0.1, -0.05) is 18.2 Å². The van der Waals surface area contributed by atoms with E-state index >= 15 is 0 Å². The molecule has 0 spiro atoms. The second-order valence-electron chi connectivity index (χ2n) is 4.13. The molecule has 0 radical (unpaired) electrons. The lowest BCUT2D eigenvalue weighted by atomic mass is 10.2. The van der Waals surface area contributed by atoms with E-state index in [0.717, 1.165) is 23.6 Å². The molecule has 0 amide bonds. The van der Waals surface area contributed by atoms with E-state index in [4.69, 9.17) is 9.47 Å². The van der Waals surface area contributed by atoms with Crippen molar-refractivity contribution in [3.8, 4) is 11.6 Å². The van der Waals surface area contributed by atoms with E-state index in [9.17, 15) is 0 Å². The van der Waals surface area contributed by atoms with E-state index in [2.05, 4.69) is 10.3 Å². The Hall–Kier alpha value is -2.07. The largest absolute Gasteiger partial charge is 0.497 e. The van der Waals surface area contributed by atoms with Gasteiger partial charge >= 0.3 is 0 Å². The molecule has 0 unspecified atom stereocenters. The van der Waals surface area contributed by atoms with Crippen molar-refractivity contribution in [1.29, 1.82) is 0 Å². The molecule has 1 aromatic heterocycles. The summed E-state index contributed by atoms with van der Waals surface area (Å²) in [6.07, 6.45) is 0. The number of nitrogens with zero attached hydrogens (tertiary/aromatic N) is 1. The lowest BCUT2D eigenvalue weighted by Gasteiger charge is -2.07. The van der Waals surface area contributed by atoms with Gasteiger partial charge in [0.25, 0.3) is 0 Å². The zero-order valence-electron chi connectivity index (χ0n) is 11.2. The summed E-state index contributed by atoms with van der Waals surface area (Å²) in [7, 11) is 3.55. The maximum atomic E-state index is 5.67. The molecule has 0 aliphatic heterocycles. The normalized spacial score (nSPS) is 10.2. The summed E-state index contributed by atoms with van der Waals surface area (Å²) in [5, 5.41) is 3.07. The molecule has 1 aromatic carbocycles. The highest BCUT2D eigenvalue weighted by molar-refractivity contribution is 5.27. The van der Waals surface area contributed by atoms with Crippen molar-refractivity contribution >= 4 is 0 Å². The van der Waals surface area contributed by atoms with Gasteiger partial charge in [-0.3, -0.25) is 0 Å². The SMILES string of the molecule is CNCc1cccc(OCc2ccc(OC)cc2)n1.